The second-order valence-electron chi connectivity index (χ2n) is 3.65. The highest BCUT2D eigenvalue weighted by atomic mass is 32.1. The van der Waals surface area contributed by atoms with Crippen molar-refractivity contribution in [2.75, 3.05) is 23.7 Å². The molecule has 0 aliphatic rings. The zero-order valence-electron chi connectivity index (χ0n) is 9.62. The Bertz CT molecular complexity index is 432. The van der Waals surface area contributed by atoms with Crippen LogP contribution in [0.15, 0.2) is 0 Å². The molecule has 4 N–H and O–H groups in total. The summed E-state index contributed by atoms with van der Waals surface area (Å²) in [6, 6.07) is 0. The van der Waals surface area contributed by atoms with Gasteiger partial charge in [-0.25, -0.2) is 0 Å². The normalized spacial score (nSPS) is 11.6. The van der Waals surface area contributed by atoms with E-state index in [0.717, 1.165) is 16.4 Å². The first-order valence-corrected chi connectivity index (χ1v) is 5.90. The molecule has 0 aromatic carbocycles. The summed E-state index contributed by atoms with van der Waals surface area (Å²) in [5, 5.41) is 0.0687. The summed E-state index contributed by atoms with van der Waals surface area (Å²) in [4.78, 5) is 12.2. The average Bonchev–Trinajstić information content (AvgIpc) is 2.57. The van der Waals surface area contributed by atoms with Crippen molar-refractivity contribution in [1.82, 2.24) is 4.37 Å². The second-order valence-corrected chi connectivity index (χ2v) is 4.40. The molecule has 18 heavy (non-hydrogen) atoms. The van der Waals surface area contributed by atoms with Gasteiger partial charge in [-0.05, 0) is 18.0 Å². The Morgan fingerprint density at radius 2 is 2.11 bits per heavy atom. The SMILES string of the molecule is CCCN(CC(F)(F)F)c1snc(N)c1C(N)=O. The van der Waals surface area contributed by atoms with Gasteiger partial charge >= 0.3 is 6.18 Å². The average molecular weight is 282 g/mol. The number of amides is 1. The van der Waals surface area contributed by atoms with Crippen LogP contribution in [0.4, 0.5) is 24.0 Å². The zero-order valence-corrected chi connectivity index (χ0v) is 10.4. The number of primary amides is 1. The summed E-state index contributed by atoms with van der Waals surface area (Å²) >= 11 is 0.743. The maximum absolute atomic E-state index is 12.4. The van der Waals surface area contributed by atoms with E-state index in [1.54, 1.807) is 6.92 Å². The van der Waals surface area contributed by atoms with Crippen molar-refractivity contribution < 1.29 is 18.0 Å². The summed E-state index contributed by atoms with van der Waals surface area (Å²) in [6.07, 6.45) is -3.88. The van der Waals surface area contributed by atoms with Crippen LogP contribution in [0, 0.1) is 0 Å². The highest BCUT2D eigenvalue weighted by Crippen LogP contribution is 2.32. The monoisotopic (exact) mass is 282 g/mol. The minimum Gasteiger partial charge on any atom is -0.382 e. The molecule has 9 heteroatoms. The lowest BCUT2D eigenvalue weighted by Crippen LogP contribution is -2.35. The van der Waals surface area contributed by atoms with Gasteiger partial charge < -0.3 is 16.4 Å². The van der Waals surface area contributed by atoms with Crippen LogP contribution in [-0.4, -0.2) is 29.5 Å². The van der Waals surface area contributed by atoms with Gasteiger partial charge in [0.15, 0.2) is 5.82 Å². The van der Waals surface area contributed by atoms with Crippen molar-refractivity contribution in [2.45, 2.75) is 19.5 Å². The van der Waals surface area contributed by atoms with Crippen LogP contribution in [0.1, 0.15) is 23.7 Å². The van der Waals surface area contributed by atoms with Crippen LogP contribution >= 0.6 is 11.5 Å². The highest BCUT2D eigenvalue weighted by Gasteiger charge is 2.33. The number of nitrogens with zero attached hydrogens (tertiary/aromatic N) is 2. The first kappa shape index (κ1) is 14.6. The molecule has 0 spiro atoms. The van der Waals surface area contributed by atoms with E-state index >= 15 is 0 Å². The highest BCUT2D eigenvalue weighted by molar-refractivity contribution is 7.11. The zero-order chi connectivity index (χ0) is 13.9. The Balaban J connectivity index is 3.10. The number of carbonyl (C=O) groups excluding carboxylic acids is 1. The predicted molar refractivity (Wildman–Crippen MR) is 63.6 cm³/mol. The third-order valence-electron chi connectivity index (χ3n) is 2.10. The van der Waals surface area contributed by atoms with Crippen molar-refractivity contribution in [2.24, 2.45) is 5.73 Å². The summed E-state index contributed by atoms with van der Waals surface area (Å²) in [7, 11) is 0. The molecular weight excluding hydrogens is 269 g/mol. The molecule has 102 valence electrons. The lowest BCUT2D eigenvalue weighted by molar-refractivity contribution is -0.119. The van der Waals surface area contributed by atoms with Crippen LogP contribution in [0.3, 0.4) is 0 Å². The van der Waals surface area contributed by atoms with Crippen molar-refractivity contribution >= 4 is 28.3 Å². The standard InChI is InChI=1S/C9H13F3N4OS/c1-2-3-16(4-9(10,11)12)8-5(7(14)17)6(13)15-18-8/h2-4H2,1H3,(H2,13,15)(H2,14,17). The van der Waals surface area contributed by atoms with E-state index in [1.165, 1.54) is 0 Å². The largest absolute Gasteiger partial charge is 0.405 e. The molecule has 0 unspecified atom stereocenters. The predicted octanol–water partition coefficient (Wildman–Crippen LogP) is 1.60. The fourth-order valence-corrected chi connectivity index (χ4v) is 2.32. The van der Waals surface area contributed by atoms with Crippen molar-refractivity contribution in [3.63, 3.8) is 0 Å². The fraction of sp³-hybridized carbons (Fsp3) is 0.556. The molecular formula is C9H13F3N4OS. The van der Waals surface area contributed by atoms with Gasteiger partial charge in [0.05, 0.1) is 0 Å². The molecule has 0 radical (unpaired) electrons. The summed E-state index contributed by atoms with van der Waals surface area (Å²) in [6.45, 7) is 0.710. The van der Waals surface area contributed by atoms with E-state index in [1.807, 2.05) is 0 Å². The number of nitrogen functional groups attached to an aromatic ring is 1. The maximum atomic E-state index is 12.4. The number of rotatable bonds is 5. The van der Waals surface area contributed by atoms with Crippen molar-refractivity contribution in [3.05, 3.63) is 5.56 Å². The molecule has 0 fully saturated rings. The molecule has 0 saturated carbocycles. The Hall–Kier alpha value is -1.51. The van der Waals surface area contributed by atoms with Crippen LogP contribution in [0.5, 0.6) is 0 Å². The Kier molecular flexibility index (Phi) is 4.38. The molecule has 5 nitrogen and oxygen atoms in total. The first-order chi connectivity index (χ1) is 8.26. The van der Waals surface area contributed by atoms with Gasteiger partial charge in [-0.1, -0.05) is 6.92 Å². The minimum atomic E-state index is -4.37. The van der Waals surface area contributed by atoms with E-state index in [0.29, 0.717) is 6.42 Å². The number of alkyl halides is 3. The van der Waals surface area contributed by atoms with Crippen LogP contribution in [-0.2, 0) is 0 Å². The van der Waals surface area contributed by atoms with Gasteiger partial charge in [0, 0.05) is 6.54 Å². The summed E-state index contributed by atoms with van der Waals surface area (Å²) in [5.74, 6) is -1.01. The summed E-state index contributed by atoms with van der Waals surface area (Å²) in [5.41, 5.74) is 10.4. The van der Waals surface area contributed by atoms with E-state index in [2.05, 4.69) is 4.37 Å². The number of nitrogens with two attached hydrogens (primary N) is 2. The molecule has 0 aliphatic heterocycles. The fourth-order valence-electron chi connectivity index (χ4n) is 1.48. The van der Waals surface area contributed by atoms with Crippen LogP contribution in [0.25, 0.3) is 0 Å². The maximum Gasteiger partial charge on any atom is 0.405 e. The van der Waals surface area contributed by atoms with E-state index in [9.17, 15) is 18.0 Å². The molecule has 1 amide bonds. The third kappa shape index (κ3) is 3.49. The van der Waals surface area contributed by atoms with E-state index in [-0.39, 0.29) is 22.9 Å². The number of carbonyl (C=O) groups is 1. The van der Waals surface area contributed by atoms with Crippen LogP contribution < -0.4 is 16.4 Å². The molecule has 0 bridgehead atoms. The van der Waals surface area contributed by atoms with Crippen molar-refractivity contribution in [1.29, 1.82) is 0 Å². The van der Waals surface area contributed by atoms with Gasteiger partial charge in [0.25, 0.3) is 5.91 Å². The Labute approximate surface area is 106 Å². The number of hydrogen-bond donors (Lipinski definition) is 2. The van der Waals surface area contributed by atoms with Gasteiger partial charge in [-0.3, -0.25) is 4.79 Å². The number of hydrogen-bond acceptors (Lipinski definition) is 5. The summed E-state index contributed by atoms with van der Waals surface area (Å²) < 4.78 is 41.0. The number of aromatic nitrogens is 1. The van der Waals surface area contributed by atoms with E-state index in [4.69, 9.17) is 11.5 Å². The molecule has 0 saturated heterocycles. The topological polar surface area (TPSA) is 85.2 Å². The van der Waals surface area contributed by atoms with Gasteiger partial charge in [-0.2, -0.15) is 17.5 Å². The Morgan fingerprint density at radius 1 is 1.50 bits per heavy atom. The van der Waals surface area contributed by atoms with E-state index < -0.39 is 18.6 Å². The molecule has 0 aliphatic carbocycles. The smallest absolute Gasteiger partial charge is 0.382 e. The lowest BCUT2D eigenvalue weighted by atomic mass is 10.2. The first-order valence-electron chi connectivity index (χ1n) is 5.13. The quantitative estimate of drug-likeness (QED) is 0.859. The van der Waals surface area contributed by atoms with Crippen molar-refractivity contribution in [3.8, 4) is 0 Å². The Morgan fingerprint density at radius 3 is 2.56 bits per heavy atom. The number of anilines is 2. The molecule has 1 aromatic heterocycles. The minimum absolute atomic E-state index is 0.0687. The van der Waals surface area contributed by atoms with Crippen LogP contribution in [0.2, 0.25) is 0 Å². The molecule has 1 rings (SSSR count). The van der Waals surface area contributed by atoms with Gasteiger partial charge in [0.2, 0.25) is 0 Å². The molecule has 1 heterocycles. The van der Waals surface area contributed by atoms with Gasteiger partial charge in [0.1, 0.15) is 17.1 Å². The lowest BCUT2D eigenvalue weighted by Gasteiger charge is -2.24. The second kappa shape index (κ2) is 5.42. The number of halogens is 3. The molecule has 1 aromatic rings. The third-order valence-corrected chi connectivity index (χ3v) is 3.02. The van der Waals surface area contributed by atoms with Gasteiger partial charge in [-0.15, -0.1) is 0 Å². The molecule has 0 atom stereocenters.